The van der Waals surface area contributed by atoms with Gasteiger partial charge in [0.2, 0.25) is 0 Å². The van der Waals surface area contributed by atoms with Crippen LogP contribution in [-0.2, 0) is 6.54 Å². The average Bonchev–Trinajstić information content (AvgIpc) is 2.92. The number of nitrogens with zero attached hydrogens (tertiary/aromatic N) is 3. The topological polar surface area (TPSA) is 69.2 Å². The van der Waals surface area contributed by atoms with Gasteiger partial charge in [-0.25, -0.2) is 23.5 Å². The van der Waals surface area contributed by atoms with E-state index in [1.54, 1.807) is 6.07 Å². The smallest absolute Gasteiger partial charge is 0.352 e. The van der Waals surface area contributed by atoms with Crippen LogP contribution in [0.25, 0.3) is 16.5 Å². The fourth-order valence-corrected chi connectivity index (χ4v) is 4.35. The fraction of sp³-hybridized carbons (Fsp3) is 0.300. The summed E-state index contributed by atoms with van der Waals surface area (Å²) < 4.78 is 4.15. The van der Waals surface area contributed by atoms with Gasteiger partial charge in [0.25, 0.3) is 0 Å². The number of aliphatic hydroxyl groups is 1. The molecule has 1 aliphatic heterocycles. The van der Waals surface area contributed by atoms with Crippen molar-refractivity contribution in [2.24, 2.45) is 0 Å². The van der Waals surface area contributed by atoms with Crippen LogP contribution in [0.2, 0.25) is 0 Å². The molecule has 0 radical (unpaired) electrons. The van der Waals surface area contributed by atoms with Gasteiger partial charge in [-0.05, 0) is 36.3 Å². The first-order valence-corrected chi connectivity index (χ1v) is 8.96. The van der Waals surface area contributed by atoms with Gasteiger partial charge in [-0.3, -0.25) is 0 Å². The molecule has 6 heteroatoms. The lowest BCUT2D eigenvalue weighted by atomic mass is 9.86. The molecule has 2 atom stereocenters. The molecule has 0 saturated heterocycles. The molecular weight excluding hydrogens is 330 g/mol. The maximum absolute atomic E-state index is 13.2. The van der Waals surface area contributed by atoms with E-state index in [1.807, 2.05) is 42.5 Å². The summed E-state index contributed by atoms with van der Waals surface area (Å²) in [5.74, 6) is 0. The summed E-state index contributed by atoms with van der Waals surface area (Å²) >= 11 is 0. The molecule has 5 rings (SSSR count). The second kappa shape index (κ2) is 5.57. The van der Waals surface area contributed by atoms with Crippen LogP contribution in [0.4, 0.5) is 0 Å². The molecule has 26 heavy (non-hydrogen) atoms. The van der Waals surface area contributed by atoms with Crippen LogP contribution in [0.5, 0.6) is 0 Å². The van der Waals surface area contributed by atoms with Gasteiger partial charge < -0.3 is 5.11 Å². The number of benzene rings is 2. The SMILES string of the molecule is O=c1n(-c2cccc3ccccc23)c(=O)n2n1CC=C1CCC[C@@H](O)[C@@H]12. The van der Waals surface area contributed by atoms with Crippen LogP contribution in [-0.4, -0.2) is 25.1 Å². The quantitative estimate of drug-likeness (QED) is 0.683. The molecule has 1 saturated carbocycles. The van der Waals surface area contributed by atoms with Gasteiger partial charge in [-0.15, -0.1) is 0 Å². The van der Waals surface area contributed by atoms with E-state index in [1.165, 1.54) is 13.9 Å². The maximum Gasteiger partial charge on any atom is 0.352 e. The van der Waals surface area contributed by atoms with Crippen LogP contribution < -0.4 is 11.4 Å². The Morgan fingerprint density at radius 1 is 1.00 bits per heavy atom. The van der Waals surface area contributed by atoms with Crippen molar-refractivity contribution in [3.05, 3.63) is 75.1 Å². The van der Waals surface area contributed by atoms with E-state index in [2.05, 4.69) is 0 Å². The van der Waals surface area contributed by atoms with Crippen molar-refractivity contribution >= 4 is 10.8 Å². The highest BCUT2D eigenvalue weighted by atomic mass is 16.3. The highest BCUT2D eigenvalue weighted by molar-refractivity contribution is 5.90. The van der Waals surface area contributed by atoms with E-state index in [0.717, 1.165) is 29.2 Å². The van der Waals surface area contributed by atoms with Gasteiger partial charge >= 0.3 is 11.4 Å². The minimum Gasteiger partial charge on any atom is -0.391 e. The van der Waals surface area contributed by atoms with E-state index in [0.29, 0.717) is 18.7 Å². The van der Waals surface area contributed by atoms with Crippen molar-refractivity contribution in [2.75, 3.05) is 0 Å². The third-order valence-electron chi connectivity index (χ3n) is 5.57. The molecule has 0 bridgehead atoms. The fourth-order valence-electron chi connectivity index (χ4n) is 4.35. The first-order valence-electron chi connectivity index (χ1n) is 8.96. The van der Waals surface area contributed by atoms with Gasteiger partial charge in [-0.1, -0.05) is 42.5 Å². The summed E-state index contributed by atoms with van der Waals surface area (Å²) in [4.78, 5) is 26.3. The molecule has 0 spiro atoms. The van der Waals surface area contributed by atoms with Crippen LogP contribution in [0.3, 0.4) is 0 Å². The Bertz CT molecular complexity index is 1160. The molecular formula is C20H19N3O3. The molecule has 132 valence electrons. The van der Waals surface area contributed by atoms with Crippen molar-refractivity contribution < 1.29 is 5.11 Å². The summed E-state index contributed by atoms with van der Waals surface area (Å²) in [6, 6.07) is 12.9. The molecule has 1 fully saturated rings. The Hall–Kier alpha value is -2.86. The summed E-state index contributed by atoms with van der Waals surface area (Å²) in [5.41, 5.74) is 0.891. The number of hydrogen-bond acceptors (Lipinski definition) is 3. The third-order valence-corrected chi connectivity index (χ3v) is 5.57. The third kappa shape index (κ3) is 2.02. The largest absolute Gasteiger partial charge is 0.391 e. The zero-order chi connectivity index (χ0) is 17.8. The lowest BCUT2D eigenvalue weighted by molar-refractivity contribution is 0.0834. The summed E-state index contributed by atoms with van der Waals surface area (Å²) in [5, 5.41) is 12.3. The van der Waals surface area contributed by atoms with Crippen molar-refractivity contribution in [1.82, 2.24) is 13.9 Å². The van der Waals surface area contributed by atoms with E-state index in [9.17, 15) is 14.7 Å². The normalized spacial score (nSPS) is 22.0. The van der Waals surface area contributed by atoms with Gasteiger partial charge in [0.05, 0.1) is 18.3 Å². The van der Waals surface area contributed by atoms with Crippen molar-refractivity contribution in [2.45, 2.75) is 38.0 Å². The molecule has 0 amide bonds. The van der Waals surface area contributed by atoms with Gasteiger partial charge in [0, 0.05) is 5.39 Å². The maximum atomic E-state index is 13.2. The molecule has 0 unspecified atom stereocenters. The molecule has 2 aliphatic rings. The summed E-state index contributed by atoms with van der Waals surface area (Å²) in [6.07, 6.45) is 3.76. The molecule has 1 aliphatic carbocycles. The first-order chi connectivity index (χ1) is 12.7. The second-order valence-electron chi connectivity index (χ2n) is 7.01. The number of fused-ring (bicyclic) bond motifs is 4. The predicted octanol–water partition coefficient (Wildman–Crippen LogP) is 1.98. The Balaban J connectivity index is 1.79. The van der Waals surface area contributed by atoms with Crippen LogP contribution >= 0.6 is 0 Å². The Morgan fingerprint density at radius 3 is 2.69 bits per heavy atom. The average molecular weight is 349 g/mol. The van der Waals surface area contributed by atoms with E-state index >= 15 is 0 Å². The Morgan fingerprint density at radius 2 is 1.81 bits per heavy atom. The van der Waals surface area contributed by atoms with E-state index in [4.69, 9.17) is 0 Å². The lowest BCUT2D eigenvalue weighted by Crippen LogP contribution is -2.42. The molecule has 1 N–H and O–H groups in total. The lowest BCUT2D eigenvalue weighted by Gasteiger charge is -2.34. The zero-order valence-electron chi connectivity index (χ0n) is 14.2. The van der Waals surface area contributed by atoms with Gasteiger partial charge in [0.15, 0.2) is 0 Å². The van der Waals surface area contributed by atoms with Crippen LogP contribution in [0, 0.1) is 0 Å². The molecule has 2 heterocycles. The highest BCUT2D eigenvalue weighted by Gasteiger charge is 2.36. The van der Waals surface area contributed by atoms with Crippen molar-refractivity contribution in [3.63, 3.8) is 0 Å². The molecule has 6 nitrogen and oxygen atoms in total. The summed E-state index contributed by atoms with van der Waals surface area (Å²) in [7, 11) is 0. The second-order valence-corrected chi connectivity index (χ2v) is 7.01. The molecule has 2 aromatic carbocycles. The van der Waals surface area contributed by atoms with Gasteiger partial charge in [-0.2, -0.15) is 0 Å². The number of aromatic nitrogens is 3. The van der Waals surface area contributed by atoms with Crippen molar-refractivity contribution in [3.8, 4) is 5.69 Å². The predicted molar refractivity (Wildman–Crippen MR) is 98.8 cm³/mol. The standard InChI is InChI=1S/C20H19N3O3/c24-17-10-4-7-14-11-12-21-19(25)22(20(26)23(21)18(14)17)16-9-3-6-13-5-1-2-8-15(13)16/h1-3,5-6,8-9,11,17-18,24H,4,7,10,12H2/t17-,18-/m1/s1. The molecule has 1 aromatic heterocycles. The Kier molecular flexibility index (Phi) is 3.30. The monoisotopic (exact) mass is 349 g/mol. The van der Waals surface area contributed by atoms with E-state index < -0.39 is 12.1 Å². The van der Waals surface area contributed by atoms with Crippen LogP contribution in [0.15, 0.2) is 63.7 Å². The first kappa shape index (κ1) is 15.4. The number of allylic oxidation sites excluding steroid dienone is 1. The Labute approximate surface area is 149 Å². The highest BCUT2D eigenvalue weighted by Crippen LogP contribution is 2.34. The minimum absolute atomic E-state index is 0.362. The zero-order valence-corrected chi connectivity index (χ0v) is 14.2. The number of rotatable bonds is 1. The number of aliphatic hydroxyl groups excluding tert-OH is 1. The molecule has 3 aromatic rings. The van der Waals surface area contributed by atoms with Gasteiger partial charge in [0.1, 0.15) is 6.04 Å². The van der Waals surface area contributed by atoms with Crippen LogP contribution in [0.1, 0.15) is 25.3 Å². The van der Waals surface area contributed by atoms with Crippen molar-refractivity contribution in [1.29, 1.82) is 0 Å². The summed E-state index contributed by atoms with van der Waals surface area (Å²) in [6.45, 7) is 0.365. The minimum atomic E-state index is -0.637. The number of hydrogen-bond donors (Lipinski definition) is 1. The van der Waals surface area contributed by atoms with E-state index in [-0.39, 0.29) is 11.4 Å².